The normalized spacial score (nSPS) is 13.4. The molecule has 1 amide bonds. The number of benzene rings is 1. The molecule has 0 aromatic heterocycles. The van der Waals surface area contributed by atoms with E-state index >= 15 is 0 Å². The third kappa shape index (κ3) is 3.73. The lowest BCUT2D eigenvalue weighted by molar-refractivity contribution is -0.146. The van der Waals surface area contributed by atoms with E-state index in [0.29, 0.717) is 12.2 Å². The van der Waals surface area contributed by atoms with Crippen molar-refractivity contribution in [2.24, 2.45) is 0 Å². The molecular formula is C15H21NO4. The van der Waals surface area contributed by atoms with E-state index < -0.39 is 11.5 Å². The van der Waals surface area contributed by atoms with Gasteiger partial charge < -0.3 is 15.2 Å². The fourth-order valence-electron chi connectivity index (χ4n) is 1.86. The van der Waals surface area contributed by atoms with Gasteiger partial charge in [-0.3, -0.25) is 4.79 Å². The lowest BCUT2D eigenvalue weighted by Gasteiger charge is -2.24. The third-order valence-corrected chi connectivity index (χ3v) is 3.38. The first-order chi connectivity index (χ1) is 9.32. The maximum absolute atomic E-state index is 12.0. The van der Waals surface area contributed by atoms with Crippen molar-refractivity contribution in [2.45, 2.75) is 39.2 Å². The number of aryl methyl sites for hydroxylation is 1. The zero-order valence-electron chi connectivity index (χ0n) is 12.3. The molecule has 1 rings (SSSR count). The number of methoxy groups -OCH3 is 1. The van der Waals surface area contributed by atoms with Crippen LogP contribution in [0, 0.1) is 6.92 Å². The van der Waals surface area contributed by atoms with E-state index in [1.807, 2.05) is 19.1 Å². The van der Waals surface area contributed by atoms with Gasteiger partial charge in [0.2, 0.25) is 5.91 Å². The second-order valence-electron chi connectivity index (χ2n) is 5.03. The van der Waals surface area contributed by atoms with Crippen LogP contribution in [0.1, 0.15) is 31.4 Å². The first-order valence-corrected chi connectivity index (χ1v) is 6.50. The van der Waals surface area contributed by atoms with Crippen LogP contribution >= 0.6 is 0 Å². The standard InChI is InChI=1S/C15H21NO4/c1-5-15(3,14(18)19)16-13(17)9-11-8-10(2)6-7-12(11)20-4/h6-8H,5,9H2,1-4H3,(H,16,17)(H,18,19). The molecule has 110 valence electrons. The molecule has 0 aliphatic rings. The number of ether oxygens (including phenoxy) is 1. The molecule has 0 aliphatic heterocycles. The highest BCUT2D eigenvalue weighted by atomic mass is 16.5. The minimum Gasteiger partial charge on any atom is -0.496 e. The minimum absolute atomic E-state index is 0.0910. The van der Waals surface area contributed by atoms with Crippen molar-refractivity contribution in [3.05, 3.63) is 29.3 Å². The molecular weight excluding hydrogens is 258 g/mol. The maximum atomic E-state index is 12.0. The summed E-state index contributed by atoms with van der Waals surface area (Å²) >= 11 is 0. The Morgan fingerprint density at radius 1 is 1.40 bits per heavy atom. The molecule has 20 heavy (non-hydrogen) atoms. The fourth-order valence-corrected chi connectivity index (χ4v) is 1.86. The van der Waals surface area contributed by atoms with Crippen molar-refractivity contribution in [1.82, 2.24) is 5.32 Å². The molecule has 5 nitrogen and oxygen atoms in total. The van der Waals surface area contributed by atoms with Gasteiger partial charge in [-0.1, -0.05) is 24.6 Å². The molecule has 0 saturated carbocycles. The summed E-state index contributed by atoms with van der Waals surface area (Å²) in [6, 6.07) is 5.56. The Kier molecular flexibility index (Phi) is 5.13. The number of carboxylic acids is 1. The number of carbonyl (C=O) groups is 2. The highest BCUT2D eigenvalue weighted by molar-refractivity contribution is 5.87. The Bertz CT molecular complexity index is 513. The summed E-state index contributed by atoms with van der Waals surface area (Å²) in [4.78, 5) is 23.2. The molecule has 5 heteroatoms. The quantitative estimate of drug-likeness (QED) is 0.834. The van der Waals surface area contributed by atoms with Gasteiger partial charge in [-0.15, -0.1) is 0 Å². The summed E-state index contributed by atoms with van der Waals surface area (Å²) in [6.07, 6.45) is 0.409. The number of amides is 1. The highest BCUT2D eigenvalue weighted by Gasteiger charge is 2.32. The minimum atomic E-state index is -1.24. The van der Waals surface area contributed by atoms with Gasteiger partial charge in [0.1, 0.15) is 11.3 Å². The summed E-state index contributed by atoms with van der Waals surface area (Å²) in [7, 11) is 1.54. The molecule has 0 radical (unpaired) electrons. The average molecular weight is 279 g/mol. The summed E-state index contributed by atoms with van der Waals surface area (Å²) in [6.45, 7) is 5.15. The van der Waals surface area contributed by atoms with Gasteiger partial charge in [-0.2, -0.15) is 0 Å². The number of nitrogens with one attached hydrogen (secondary N) is 1. The zero-order chi connectivity index (χ0) is 15.3. The predicted octanol–water partition coefficient (Wildman–Crippen LogP) is 1.92. The Morgan fingerprint density at radius 3 is 2.55 bits per heavy atom. The molecule has 1 aromatic carbocycles. The molecule has 0 heterocycles. The summed E-state index contributed by atoms with van der Waals surface area (Å²) in [5, 5.41) is 11.7. The molecule has 1 atom stereocenters. The molecule has 0 saturated heterocycles. The van der Waals surface area contributed by atoms with Crippen molar-refractivity contribution < 1.29 is 19.4 Å². The Hall–Kier alpha value is -2.04. The van der Waals surface area contributed by atoms with Crippen LogP contribution in [0.15, 0.2) is 18.2 Å². The molecule has 1 aromatic rings. The van der Waals surface area contributed by atoms with Crippen molar-refractivity contribution in [1.29, 1.82) is 0 Å². The topological polar surface area (TPSA) is 75.6 Å². The van der Waals surface area contributed by atoms with Crippen molar-refractivity contribution in [2.75, 3.05) is 7.11 Å². The lowest BCUT2D eigenvalue weighted by atomic mass is 9.98. The number of hydrogen-bond donors (Lipinski definition) is 2. The van der Waals surface area contributed by atoms with Gasteiger partial charge >= 0.3 is 5.97 Å². The van der Waals surface area contributed by atoms with Gasteiger partial charge in [0, 0.05) is 5.56 Å². The van der Waals surface area contributed by atoms with Crippen LogP contribution in [-0.4, -0.2) is 29.6 Å². The number of carboxylic acid groups (broad SMARTS) is 1. The van der Waals surface area contributed by atoms with Crippen LogP contribution < -0.4 is 10.1 Å². The maximum Gasteiger partial charge on any atom is 0.329 e. The Labute approximate surface area is 118 Å². The van der Waals surface area contributed by atoms with Gasteiger partial charge in [0.15, 0.2) is 0 Å². The summed E-state index contributed by atoms with van der Waals surface area (Å²) < 4.78 is 5.21. The van der Waals surface area contributed by atoms with E-state index in [4.69, 9.17) is 9.84 Å². The van der Waals surface area contributed by atoms with E-state index in [1.54, 1.807) is 20.1 Å². The monoisotopic (exact) mass is 279 g/mol. The first-order valence-electron chi connectivity index (χ1n) is 6.50. The van der Waals surface area contributed by atoms with Gasteiger partial charge in [-0.25, -0.2) is 4.79 Å². The van der Waals surface area contributed by atoms with E-state index in [1.165, 1.54) is 6.92 Å². The van der Waals surface area contributed by atoms with Gasteiger partial charge in [-0.05, 0) is 26.3 Å². The van der Waals surface area contributed by atoms with E-state index in [0.717, 1.165) is 11.1 Å². The van der Waals surface area contributed by atoms with Crippen LogP contribution in [-0.2, 0) is 16.0 Å². The highest BCUT2D eigenvalue weighted by Crippen LogP contribution is 2.20. The fraction of sp³-hybridized carbons (Fsp3) is 0.467. The molecule has 1 unspecified atom stereocenters. The second kappa shape index (κ2) is 6.41. The van der Waals surface area contributed by atoms with E-state index in [-0.39, 0.29) is 12.3 Å². The first kappa shape index (κ1) is 16.0. The largest absolute Gasteiger partial charge is 0.496 e. The van der Waals surface area contributed by atoms with Crippen LogP contribution in [0.2, 0.25) is 0 Å². The zero-order valence-corrected chi connectivity index (χ0v) is 12.3. The molecule has 0 fully saturated rings. The Morgan fingerprint density at radius 2 is 2.05 bits per heavy atom. The van der Waals surface area contributed by atoms with Crippen LogP contribution in [0.3, 0.4) is 0 Å². The number of rotatable bonds is 6. The number of hydrogen-bond acceptors (Lipinski definition) is 3. The third-order valence-electron chi connectivity index (χ3n) is 3.38. The Balaban J connectivity index is 2.86. The number of carbonyl (C=O) groups excluding carboxylic acids is 1. The summed E-state index contributed by atoms with van der Waals surface area (Å²) in [5.41, 5.74) is 0.521. The van der Waals surface area contributed by atoms with Gasteiger partial charge in [0.05, 0.1) is 13.5 Å². The molecule has 0 aliphatic carbocycles. The smallest absolute Gasteiger partial charge is 0.329 e. The van der Waals surface area contributed by atoms with Crippen molar-refractivity contribution >= 4 is 11.9 Å². The summed E-state index contributed by atoms with van der Waals surface area (Å²) in [5.74, 6) is -0.746. The molecule has 0 bridgehead atoms. The van der Waals surface area contributed by atoms with E-state index in [2.05, 4.69) is 5.32 Å². The lowest BCUT2D eigenvalue weighted by Crippen LogP contribution is -2.52. The van der Waals surface area contributed by atoms with Crippen molar-refractivity contribution in [3.8, 4) is 5.75 Å². The molecule has 0 spiro atoms. The SMILES string of the molecule is CCC(C)(NC(=O)Cc1cc(C)ccc1OC)C(=O)O. The van der Waals surface area contributed by atoms with Crippen LogP contribution in [0.4, 0.5) is 0 Å². The molecule has 2 N–H and O–H groups in total. The van der Waals surface area contributed by atoms with Crippen LogP contribution in [0.5, 0.6) is 5.75 Å². The number of aliphatic carboxylic acids is 1. The average Bonchev–Trinajstić information content (AvgIpc) is 2.38. The van der Waals surface area contributed by atoms with Crippen molar-refractivity contribution in [3.63, 3.8) is 0 Å². The second-order valence-corrected chi connectivity index (χ2v) is 5.03. The van der Waals surface area contributed by atoms with Gasteiger partial charge in [0.25, 0.3) is 0 Å². The van der Waals surface area contributed by atoms with Crippen LogP contribution in [0.25, 0.3) is 0 Å². The predicted molar refractivity (Wildman–Crippen MR) is 75.9 cm³/mol. The van der Waals surface area contributed by atoms with E-state index in [9.17, 15) is 9.59 Å².